The summed E-state index contributed by atoms with van der Waals surface area (Å²) in [6.07, 6.45) is 3.03. The van der Waals surface area contributed by atoms with Crippen LogP contribution in [0.1, 0.15) is 37.6 Å². The smallest absolute Gasteiger partial charge is 0.246 e. The number of piperidine rings is 1. The average Bonchev–Trinajstić information content (AvgIpc) is 2.74. The number of hydrogen-bond donors (Lipinski definition) is 1. The highest BCUT2D eigenvalue weighted by molar-refractivity contribution is 7.89. The lowest BCUT2D eigenvalue weighted by atomic mass is 9.97. The van der Waals surface area contributed by atoms with Gasteiger partial charge in [-0.15, -0.1) is 0 Å². The average molecular weight is 315 g/mol. The molecule has 0 bridgehead atoms. The minimum absolute atomic E-state index is 0.0525. The van der Waals surface area contributed by atoms with Crippen LogP contribution in [0, 0.1) is 19.8 Å². The predicted molar refractivity (Wildman–Crippen MR) is 80.6 cm³/mol. The number of sulfonamides is 1. The van der Waals surface area contributed by atoms with Crippen LogP contribution in [0.3, 0.4) is 0 Å². The highest BCUT2D eigenvalue weighted by Crippen LogP contribution is 2.28. The molecule has 1 N–H and O–H groups in total. The van der Waals surface area contributed by atoms with Crippen LogP contribution in [-0.4, -0.2) is 47.3 Å². The molecule has 1 atom stereocenters. The quantitative estimate of drug-likeness (QED) is 0.889. The molecule has 0 aliphatic carbocycles. The van der Waals surface area contributed by atoms with Crippen molar-refractivity contribution in [3.63, 3.8) is 0 Å². The van der Waals surface area contributed by atoms with Crippen molar-refractivity contribution < 1.29 is 13.5 Å². The standard InChI is InChI=1S/C14H25N3O3S/c1-4-13-6-5-7-16(10-13)21(19,20)14-11(2)15-17(8-9-18)12(14)3/h13,18H,4-10H2,1-3H3. The van der Waals surface area contributed by atoms with Gasteiger partial charge in [0.2, 0.25) is 10.0 Å². The third-order valence-electron chi connectivity index (χ3n) is 4.28. The van der Waals surface area contributed by atoms with E-state index in [-0.39, 0.29) is 6.61 Å². The summed E-state index contributed by atoms with van der Waals surface area (Å²) >= 11 is 0. The maximum atomic E-state index is 12.9. The van der Waals surface area contributed by atoms with Crippen molar-refractivity contribution in [3.05, 3.63) is 11.4 Å². The van der Waals surface area contributed by atoms with Gasteiger partial charge in [-0.3, -0.25) is 4.68 Å². The van der Waals surface area contributed by atoms with Crippen LogP contribution in [-0.2, 0) is 16.6 Å². The van der Waals surface area contributed by atoms with Crippen molar-refractivity contribution >= 4 is 10.0 Å². The van der Waals surface area contributed by atoms with Gasteiger partial charge in [-0.1, -0.05) is 13.3 Å². The van der Waals surface area contributed by atoms with Gasteiger partial charge >= 0.3 is 0 Å². The second-order valence-electron chi connectivity index (χ2n) is 5.73. The molecule has 0 amide bonds. The lowest BCUT2D eigenvalue weighted by Crippen LogP contribution is -2.40. The first-order chi connectivity index (χ1) is 9.91. The zero-order chi connectivity index (χ0) is 15.6. The van der Waals surface area contributed by atoms with Crippen LogP contribution in [0.2, 0.25) is 0 Å². The van der Waals surface area contributed by atoms with Crippen LogP contribution in [0.15, 0.2) is 4.90 Å². The van der Waals surface area contributed by atoms with Gasteiger partial charge in [-0.05, 0) is 32.6 Å². The van der Waals surface area contributed by atoms with E-state index in [9.17, 15) is 8.42 Å². The maximum absolute atomic E-state index is 12.9. The monoisotopic (exact) mass is 315 g/mol. The van der Waals surface area contributed by atoms with Crippen molar-refractivity contribution in [3.8, 4) is 0 Å². The van der Waals surface area contributed by atoms with Crippen LogP contribution in [0.4, 0.5) is 0 Å². The molecule has 2 rings (SSSR count). The molecule has 1 aliphatic heterocycles. The van der Waals surface area contributed by atoms with Crippen molar-refractivity contribution in [2.75, 3.05) is 19.7 Å². The highest BCUT2D eigenvalue weighted by Gasteiger charge is 2.33. The predicted octanol–water partition coefficient (Wildman–Crippen LogP) is 1.30. The first-order valence-electron chi connectivity index (χ1n) is 7.56. The fourth-order valence-electron chi connectivity index (χ4n) is 3.07. The van der Waals surface area contributed by atoms with Crippen molar-refractivity contribution in [2.45, 2.75) is 51.5 Å². The number of hydrogen-bond acceptors (Lipinski definition) is 4. The summed E-state index contributed by atoms with van der Waals surface area (Å²) in [6, 6.07) is 0. The zero-order valence-electron chi connectivity index (χ0n) is 13.0. The summed E-state index contributed by atoms with van der Waals surface area (Å²) in [5, 5.41) is 13.3. The van der Waals surface area contributed by atoms with Gasteiger partial charge < -0.3 is 5.11 Å². The van der Waals surface area contributed by atoms with Gasteiger partial charge in [0.05, 0.1) is 24.5 Å². The molecule has 0 saturated carbocycles. The Labute approximate surface area is 126 Å². The van der Waals surface area contributed by atoms with Gasteiger partial charge in [-0.2, -0.15) is 9.40 Å². The molecule has 1 fully saturated rings. The molecular weight excluding hydrogens is 290 g/mol. The third-order valence-corrected chi connectivity index (χ3v) is 6.40. The van der Waals surface area contributed by atoms with Crippen LogP contribution in [0.25, 0.3) is 0 Å². The van der Waals surface area contributed by atoms with Gasteiger partial charge in [0.15, 0.2) is 0 Å². The second-order valence-corrected chi connectivity index (χ2v) is 7.60. The van der Waals surface area contributed by atoms with Crippen molar-refractivity contribution in [1.29, 1.82) is 0 Å². The van der Waals surface area contributed by atoms with Crippen LogP contribution < -0.4 is 0 Å². The number of nitrogens with zero attached hydrogens (tertiary/aromatic N) is 3. The minimum Gasteiger partial charge on any atom is -0.394 e. The topological polar surface area (TPSA) is 75.4 Å². The lowest BCUT2D eigenvalue weighted by molar-refractivity contribution is 0.261. The van der Waals surface area contributed by atoms with Crippen LogP contribution >= 0.6 is 0 Å². The molecule has 1 aromatic rings. The van der Waals surface area contributed by atoms with E-state index < -0.39 is 10.0 Å². The second kappa shape index (κ2) is 6.46. The maximum Gasteiger partial charge on any atom is 0.246 e. The normalized spacial score (nSPS) is 20.9. The first kappa shape index (κ1) is 16.5. The molecule has 0 aromatic carbocycles. The van der Waals surface area contributed by atoms with Gasteiger partial charge in [-0.25, -0.2) is 8.42 Å². The molecule has 0 radical (unpaired) electrons. The van der Waals surface area contributed by atoms with E-state index >= 15 is 0 Å². The van der Waals surface area contributed by atoms with E-state index in [1.165, 1.54) is 0 Å². The Morgan fingerprint density at radius 2 is 2.10 bits per heavy atom. The summed E-state index contributed by atoms with van der Waals surface area (Å²) < 4.78 is 29.0. The SMILES string of the molecule is CCC1CCCN(S(=O)(=O)c2c(C)nn(CCO)c2C)C1. The Balaban J connectivity index is 2.35. The first-order valence-corrected chi connectivity index (χ1v) is 9.00. The molecule has 1 aromatic heterocycles. The summed E-state index contributed by atoms with van der Waals surface area (Å²) in [5.74, 6) is 0.446. The number of rotatable bonds is 5. The number of aliphatic hydroxyl groups excluding tert-OH is 1. The number of aliphatic hydroxyl groups is 1. The summed E-state index contributed by atoms with van der Waals surface area (Å²) in [7, 11) is -3.50. The molecule has 1 aliphatic rings. The summed E-state index contributed by atoms with van der Waals surface area (Å²) in [6.45, 7) is 7.03. The third kappa shape index (κ3) is 3.14. The molecule has 1 saturated heterocycles. The fraction of sp³-hybridized carbons (Fsp3) is 0.786. The Hall–Kier alpha value is -0.920. The largest absolute Gasteiger partial charge is 0.394 e. The van der Waals surface area contributed by atoms with Gasteiger partial charge in [0.25, 0.3) is 0 Å². The Bertz CT molecular complexity index is 595. The summed E-state index contributed by atoms with van der Waals surface area (Å²) in [5.41, 5.74) is 1.12. The van der Waals surface area contributed by atoms with E-state index in [1.54, 1.807) is 22.8 Å². The van der Waals surface area contributed by atoms with E-state index in [4.69, 9.17) is 5.11 Å². The molecule has 0 spiro atoms. The Morgan fingerprint density at radius 1 is 1.38 bits per heavy atom. The van der Waals surface area contributed by atoms with Gasteiger partial charge in [0, 0.05) is 13.1 Å². The van der Waals surface area contributed by atoms with E-state index in [1.807, 2.05) is 0 Å². The highest BCUT2D eigenvalue weighted by atomic mass is 32.2. The molecule has 2 heterocycles. The zero-order valence-corrected chi connectivity index (χ0v) is 13.9. The molecule has 6 nitrogen and oxygen atoms in total. The molecule has 1 unspecified atom stereocenters. The molecule has 120 valence electrons. The number of aromatic nitrogens is 2. The molecular formula is C14H25N3O3S. The fourth-order valence-corrected chi connectivity index (χ4v) is 5.00. The van der Waals surface area contributed by atoms with Crippen LogP contribution in [0.5, 0.6) is 0 Å². The van der Waals surface area contributed by atoms with Gasteiger partial charge in [0.1, 0.15) is 4.90 Å². The Morgan fingerprint density at radius 3 is 2.71 bits per heavy atom. The van der Waals surface area contributed by atoms with E-state index in [0.717, 1.165) is 19.3 Å². The number of aryl methyl sites for hydroxylation is 1. The van der Waals surface area contributed by atoms with Crippen molar-refractivity contribution in [1.82, 2.24) is 14.1 Å². The van der Waals surface area contributed by atoms with E-state index in [2.05, 4.69) is 12.0 Å². The minimum atomic E-state index is -3.50. The van der Waals surface area contributed by atoms with E-state index in [0.29, 0.717) is 41.8 Å². The Kier molecular flexibility index (Phi) is 5.06. The van der Waals surface area contributed by atoms with Crippen molar-refractivity contribution in [2.24, 2.45) is 5.92 Å². The summed E-state index contributed by atoms with van der Waals surface area (Å²) in [4.78, 5) is 0.313. The molecule has 21 heavy (non-hydrogen) atoms. The lowest BCUT2D eigenvalue weighted by Gasteiger charge is -2.31. The molecule has 7 heteroatoms.